The lowest BCUT2D eigenvalue weighted by atomic mass is 10.0. The Bertz CT molecular complexity index is 757. The third-order valence-corrected chi connectivity index (χ3v) is 4.44. The van der Waals surface area contributed by atoms with Crippen LogP contribution < -0.4 is 10.6 Å². The molecule has 2 aromatic rings. The maximum Gasteiger partial charge on any atom is 0.317 e. The highest BCUT2D eigenvalue weighted by atomic mass is 32.1. The van der Waals surface area contributed by atoms with Crippen LogP contribution in [-0.2, 0) is 4.79 Å². The molecule has 1 aromatic carbocycles. The molecule has 0 bridgehead atoms. The molecule has 2 rings (SSSR count). The van der Waals surface area contributed by atoms with Crippen molar-refractivity contribution >= 4 is 28.4 Å². The Balaban J connectivity index is 2.10. The summed E-state index contributed by atoms with van der Waals surface area (Å²) in [4.78, 5) is 25.7. The molecule has 25 heavy (non-hydrogen) atoms. The van der Waals surface area contributed by atoms with Crippen molar-refractivity contribution in [2.75, 3.05) is 19.4 Å². The number of hydrogen-bond acceptors (Lipinski definition) is 5. The fourth-order valence-corrected chi connectivity index (χ4v) is 2.89. The molecule has 0 unspecified atom stereocenters. The monoisotopic (exact) mass is 361 g/mol. The quantitative estimate of drug-likeness (QED) is 0.857. The minimum absolute atomic E-state index is 0.0620. The van der Waals surface area contributed by atoms with Crippen molar-refractivity contribution in [2.45, 2.75) is 26.8 Å². The number of carbonyl (C=O) groups is 2. The molecular weight excluding hydrogens is 338 g/mol. The van der Waals surface area contributed by atoms with Gasteiger partial charge in [-0.3, -0.25) is 10.1 Å². The molecule has 8 heteroatoms. The summed E-state index contributed by atoms with van der Waals surface area (Å²) < 4.78 is 0. The van der Waals surface area contributed by atoms with Gasteiger partial charge < -0.3 is 10.2 Å². The first-order valence-electron chi connectivity index (χ1n) is 7.97. The third kappa shape index (κ3) is 4.99. The van der Waals surface area contributed by atoms with Gasteiger partial charge in [0, 0.05) is 19.7 Å². The summed E-state index contributed by atoms with van der Waals surface area (Å²) >= 11 is 1.30. The Morgan fingerprint density at radius 3 is 2.52 bits per heavy atom. The van der Waals surface area contributed by atoms with Gasteiger partial charge in [0.15, 0.2) is 0 Å². The lowest BCUT2D eigenvalue weighted by molar-refractivity contribution is -0.118. The first-order chi connectivity index (χ1) is 11.8. The molecule has 0 radical (unpaired) electrons. The maximum absolute atomic E-state index is 12.5. The van der Waals surface area contributed by atoms with Gasteiger partial charge in [-0.05, 0) is 18.9 Å². The van der Waals surface area contributed by atoms with Crippen molar-refractivity contribution in [1.29, 1.82) is 0 Å². The molecule has 7 nitrogen and oxygen atoms in total. The predicted octanol–water partition coefficient (Wildman–Crippen LogP) is 2.75. The van der Waals surface area contributed by atoms with Crippen molar-refractivity contribution in [3.05, 3.63) is 29.8 Å². The Hall–Kier alpha value is -2.48. The minimum atomic E-state index is -0.652. The maximum atomic E-state index is 12.5. The van der Waals surface area contributed by atoms with Crippen LogP contribution in [0.3, 0.4) is 0 Å². The van der Waals surface area contributed by atoms with E-state index in [2.05, 4.69) is 20.8 Å². The van der Waals surface area contributed by atoms with Gasteiger partial charge in [0.1, 0.15) is 11.0 Å². The van der Waals surface area contributed by atoms with Gasteiger partial charge in [-0.2, -0.15) is 0 Å². The standard InChI is InChI=1S/C17H23N5O2S/c1-10(2)13(18-17(24)22(4)5)14(23)19-16-21-20-15(25-16)12-8-6-7-11(3)9-12/h6-10,13H,1-5H3,(H,18,24)(H,19,21,23)/t13-/m1/s1. The van der Waals surface area contributed by atoms with Crippen LogP contribution in [0.25, 0.3) is 10.6 Å². The van der Waals surface area contributed by atoms with E-state index < -0.39 is 6.04 Å². The summed E-state index contributed by atoms with van der Waals surface area (Å²) in [6.07, 6.45) is 0. The van der Waals surface area contributed by atoms with Crippen LogP contribution in [0, 0.1) is 12.8 Å². The average molecular weight is 361 g/mol. The number of anilines is 1. The van der Waals surface area contributed by atoms with Crippen LogP contribution in [0.1, 0.15) is 19.4 Å². The zero-order chi connectivity index (χ0) is 18.6. The predicted molar refractivity (Wildman–Crippen MR) is 99.6 cm³/mol. The largest absolute Gasteiger partial charge is 0.331 e. The molecule has 134 valence electrons. The zero-order valence-corrected chi connectivity index (χ0v) is 15.8. The van der Waals surface area contributed by atoms with E-state index in [0.29, 0.717) is 5.13 Å². The molecule has 0 fully saturated rings. The van der Waals surface area contributed by atoms with Gasteiger partial charge in [0.2, 0.25) is 11.0 Å². The van der Waals surface area contributed by atoms with Crippen LogP contribution in [0.2, 0.25) is 0 Å². The number of rotatable bonds is 5. The number of benzene rings is 1. The van der Waals surface area contributed by atoms with Crippen molar-refractivity contribution < 1.29 is 9.59 Å². The van der Waals surface area contributed by atoms with Gasteiger partial charge in [-0.1, -0.05) is 48.9 Å². The van der Waals surface area contributed by atoms with Gasteiger partial charge >= 0.3 is 6.03 Å². The smallest absolute Gasteiger partial charge is 0.317 e. The second kappa shape index (κ2) is 8.06. The third-order valence-electron chi connectivity index (χ3n) is 3.55. The normalized spacial score (nSPS) is 11.9. The molecular formula is C17H23N5O2S. The summed E-state index contributed by atoms with van der Waals surface area (Å²) in [5.74, 6) is -0.370. The summed E-state index contributed by atoms with van der Waals surface area (Å²) in [5.41, 5.74) is 2.09. The van der Waals surface area contributed by atoms with Gasteiger partial charge in [-0.15, -0.1) is 10.2 Å². The molecule has 0 aliphatic carbocycles. The summed E-state index contributed by atoms with van der Waals surface area (Å²) in [6, 6.07) is 6.96. The molecule has 0 saturated carbocycles. The highest BCUT2D eigenvalue weighted by Crippen LogP contribution is 2.27. The molecule has 1 heterocycles. The van der Waals surface area contributed by atoms with E-state index in [1.54, 1.807) is 14.1 Å². The minimum Gasteiger partial charge on any atom is -0.331 e. The van der Waals surface area contributed by atoms with Crippen molar-refractivity contribution in [3.63, 3.8) is 0 Å². The van der Waals surface area contributed by atoms with Crippen LogP contribution in [0.15, 0.2) is 24.3 Å². The fourth-order valence-electron chi connectivity index (χ4n) is 2.15. The molecule has 0 saturated heterocycles. The average Bonchev–Trinajstić information content (AvgIpc) is 3.00. The number of nitrogens with one attached hydrogen (secondary N) is 2. The second-order valence-electron chi connectivity index (χ2n) is 6.34. The van der Waals surface area contributed by atoms with E-state index >= 15 is 0 Å². The Kier molecular flexibility index (Phi) is 6.08. The molecule has 3 amide bonds. The van der Waals surface area contributed by atoms with E-state index in [4.69, 9.17) is 0 Å². The van der Waals surface area contributed by atoms with Crippen LogP contribution >= 0.6 is 11.3 Å². The summed E-state index contributed by atoms with van der Waals surface area (Å²) in [7, 11) is 3.26. The summed E-state index contributed by atoms with van der Waals surface area (Å²) in [6.45, 7) is 5.75. The fraction of sp³-hybridized carbons (Fsp3) is 0.412. The van der Waals surface area contributed by atoms with Gasteiger partial charge in [-0.25, -0.2) is 4.79 Å². The molecule has 1 aromatic heterocycles. The van der Waals surface area contributed by atoms with Crippen molar-refractivity contribution in [1.82, 2.24) is 20.4 Å². The highest BCUT2D eigenvalue weighted by molar-refractivity contribution is 7.18. The van der Waals surface area contributed by atoms with E-state index in [-0.39, 0.29) is 17.9 Å². The van der Waals surface area contributed by atoms with E-state index in [1.807, 2.05) is 45.0 Å². The number of amides is 3. The van der Waals surface area contributed by atoms with Crippen LogP contribution in [-0.4, -0.2) is 47.2 Å². The van der Waals surface area contributed by atoms with Gasteiger partial charge in [0.25, 0.3) is 0 Å². The number of nitrogens with zero attached hydrogens (tertiary/aromatic N) is 3. The number of urea groups is 1. The number of carbonyl (C=O) groups excluding carboxylic acids is 2. The van der Waals surface area contributed by atoms with E-state index in [0.717, 1.165) is 16.1 Å². The summed E-state index contributed by atoms with van der Waals surface area (Å²) in [5, 5.41) is 14.8. The van der Waals surface area contributed by atoms with E-state index in [9.17, 15) is 9.59 Å². The Labute approximate surface area is 151 Å². The number of aryl methyl sites for hydroxylation is 1. The topological polar surface area (TPSA) is 87.2 Å². The first-order valence-corrected chi connectivity index (χ1v) is 8.78. The first kappa shape index (κ1) is 18.9. The highest BCUT2D eigenvalue weighted by Gasteiger charge is 2.25. The molecule has 0 aliphatic rings. The van der Waals surface area contributed by atoms with Crippen molar-refractivity contribution in [2.24, 2.45) is 5.92 Å². The van der Waals surface area contributed by atoms with E-state index in [1.165, 1.54) is 16.2 Å². The van der Waals surface area contributed by atoms with Gasteiger partial charge in [0.05, 0.1) is 0 Å². The van der Waals surface area contributed by atoms with Crippen LogP contribution in [0.4, 0.5) is 9.93 Å². The Morgan fingerprint density at radius 1 is 1.20 bits per heavy atom. The number of aromatic nitrogens is 2. The van der Waals surface area contributed by atoms with Crippen molar-refractivity contribution in [3.8, 4) is 10.6 Å². The Morgan fingerprint density at radius 2 is 1.92 bits per heavy atom. The molecule has 2 N–H and O–H groups in total. The molecule has 1 atom stereocenters. The second-order valence-corrected chi connectivity index (χ2v) is 7.31. The van der Waals surface area contributed by atoms with Crippen LogP contribution in [0.5, 0.6) is 0 Å². The SMILES string of the molecule is Cc1cccc(-c2nnc(NC(=O)[C@H](NC(=O)N(C)C)C(C)C)s2)c1. The number of hydrogen-bond donors (Lipinski definition) is 2. The molecule has 0 spiro atoms. The zero-order valence-electron chi connectivity index (χ0n) is 15.0. The lowest BCUT2D eigenvalue weighted by Gasteiger charge is -2.23. The molecule has 0 aliphatic heterocycles. The lowest BCUT2D eigenvalue weighted by Crippen LogP contribution is -2.50.